The Morgan fingerprint density at radius 2 is 1.86 bits per heavy atom. The number of aldehydes is 1. The maximum absolute atomic E-state index is 10.9. The second-order valence-electron chi connectivity index (χ2n) is 4.59. The highest BCUT2D eigenvalue weighted by atomic mass is 16.6. The molecule has 6 heteroatoms. The Labute approximate surface area is 121 Å². The van der Waals surface area contributed by atoms with Crippen LogP contribution in [0.4, 0.5) is 11.4 Å². The lowest BCUT2D eigenvalue weighted by molar-refractivity contribution is -0.385. The Hall–Kier alpha value is -2.89. The average Bonchev–Trinajstić information content (AvgIpc) is 2.47. The van der Waals surface area contributed by atoms with E-state index in [1.807, 2.05) is 37.2 Å². The molecule has 2 aromatic carbocycles. The lowest BCUT2D eigenvalue weighted by Gasteiger charge is -2.14. The molecule has 108 valence electrons. The van der Waals surface area contributed by atoms with Gasteiger partial charge >= 0.3 is 0 Å². The van der Waals surface area contributed by atoms with Crippen LogP contribution < -0.4 is 9.64 Å². The third kappa shape index (κ3) is 3.36. The van der Waals surface area contributed by atoms with Gasteiger partial charge in [-0.25, -0.2) is 0 Å². The molecule has 0 radical (unpaired) electrons. The molecule has 0 bridgehead atoms. The molecule has 0 saturated heterocycles. The molecule has 0 aliphatic rings. The number of rotatable bonds is 5. The van der Waals surface area contributed by atoms with E-state index in [1.54, 1.807) is 6.07 Å². The van der Waals surface area contributed by atoms with E-state index in [0.717, 1.165) is 5.69 Å². The Bertz CT molecular complexity index is 683. The number of carbonyl (C=O) groups excluding carboxylic acids is 1. The number of hydrogen-bond donors (Lipinski definition) is 0. The maximum atomic E-state index is 10.9. The Morgan fingerprint density at radius 3 is 2.48 bits per heavy atom. The summed E-state index contributed by atoms with van der Waals surface area (Å²) in [6.07, 6.45) is 0.446. The van der Waals surface area contributed by atoms with E-state index in [2.05, 4.69) is 0 Å². The van der Waals surface area contributed by atoms with Crippen LogP contribution in [0.2, 0.25) is 0 Å². The molecule has 21 heavy (non-hydrogen) atoms. The van der Waals surface area contributed by atoms with Crippen LogP contribution >= 0.6 is 0 Å². The van der Waals surface area contributed by atoms with Crippen LogP contribution in [0.15, 0.2) is 42.5 Å². The van der Waals surface area contributed by atoms with Crippen LogP contribution in [0.5, 0.6) is 11.5 Å². The van der Waals surface area contributed by atoms with Gasteiger partial charge < -0.3 is 9.64 Å². The Balaban J connectivity index is 2.29. The molecule has 0 aromatic heterocycles. The first-order chi connectivity index (χ1) is 10.0. The molecule has 0 fully saturated rings. The van der Waals surface area contributed by atoms with Crippen molar-refractivity contribution in [3.05, 3.63) is 58.1 Å². The standard InChI is InChI=1S/C15H14N2O4/c1-16(2)12-4-3-5-13(9-12)21-14-6-7-15(17(19)20)11(8-14)10-18/h3-10H,1-2H3. The molecule has 0 N–H and O–H groups in total. The maximum Gasteiger partial charge on any atom is 0.280 e. The first-order valence-corrected chi connectivity index (χ1v) is 6.20. The minimum Gasteiger partial charge on any atom is -0.457 e. The largest absolute Gasteiger partial charge is 0.457 e. The minimum absolute atomic E-state index is 0.0127. The summed E-state index contributed by atoms with van der Waals surface area (Å²) in [5.74, 6) is 0.963. The van der Waals surface area contributed by atoms with E-state index in [-0.39, 0.29) is 11.3 Å². The van der Waals surface area contributed by atoms with Crippen molar-refractivity contribution in [3.63, 3.8) is 0 Å². The van der Waals surface area contributed by atoms with E-state index >= 15 is 0 Å². The summed E-state index contributed by atoms with van der Waals surface area (Å²) in [5.41, 5.74) is 0.714. The van der Waals surface area contributed by atoms with Crippen molar-refractivity contribution in [3.8, 4) is 11.5 Å². The van der Waals surface area contributed by atoms with Gasteiger partial charge in [-0.3, -0.25) is 14.9 Å². The third-order valence-corrected chi connectivity index (χ3v) is 2.89. The average molecular weight is 286 g/mol. The summed E-state index contributed by atoms with van der Waals surface area (Å²) >= 11 is 0. The van der Waals surface area contributed by atoms with E-state index < -0.39 is 4.92 Å². The fourth-order valence-corrected chi connectivity index (χ4v) is 1.82. The first kappa shape index (κ1) is 14.5. The van der Waals surface area contributed by atoms with Crippen molar-refractivity contribution in [2.24, 2.45) is 0 Å². The number of nitrogens with zero attached hydrogens (tertiary/aromatic N) is 2. The van der Waals surface area contributed by atoms with Gasteiger partial charge in [-0.1, -0.05) is 6.07 Å². The molecule has 6 nitrogen and oxygen atoms in total. The summed E-state index contributed by atoms with van der Waals surface area (Å²) in [6, 6.07) is 11.5. The molecular weight excluding hydrogens is 272 g/mol. The topological polar surface area (TPSA) is 72.7 Å². The second-order valence-corrected chi connectivity index (χ2v) is 4.59. The van der Waals surface area contributed by atoms with Crippen LogP contribution in [-0.4, -0.2) is 25.3 Å². The van der Waals surface area contributed by atoms with Crippen LogP contribution in [-0.2, 0) is 0 Å². The van der Waals surface area contributed by atoms with Gasteiger partial charge in [-0.15, -0.1) is 0 Å². The number of nitro benzene ring substituents is 1. The van der Waals surface area contributed by atoms with Gasteiger partial charge in [0.05, 0.1) is 10.5 Å². The molecule has 0 unspecified atom stereocenters. The fourth-order valence-electron chi connectivity index (χ4n) is 1.82. The van der Waals surface area contributed by atoms with E-state index in [4.69, 9.17) is 4.74 Å². The minimum atomic E-state index is -0.597. The zero-order chi connectivity index (χ0) is 15.4. The molecule has 0 spiro atoms. The Morgan fingerprint density at radius 1 is 1.14 bits per heavy atom. The van der Waals surface area contributed by atoms with Crippen molar-refractivity contribution in [2.45, 2.75) is 0 Å². The van der Waals surface area contributed by atoms with Gasteiger partial charge in [0, 0.05) is 31.9 Å². The molecule has 0 heterocycles. The highest BCUT2D eigenvalue weighted by molar-refractivity contribution is 5.82. The third-order valence-electron chi connectivity index (χ3n) is 2.89. The van der Waals surface area contributed by atoms with E-state index in [9.17, 15) is 14.9 Å². The van der Waals surface area contributed by atoms with Gasteiger partial charge in [0.2, 0.25) is 0 Å². The zero-order valence-electron chi connectivity index (χ0n) is 11.6. The van der Waals surface area contributed by atoms with Gasteiger partial charge in [-0.05, 0) is 24.3 Å². The lowest BCUT2D eigenvalue weighted by atomic mass is 10.2. The predicted octanol–water partition coefficient (Wildman–Crippen LogP) is 3.27. The van der Waals surface area contributed by atoms with Gasteiger partial charge in [0.15, 0.2) is 6.29 Å². The highest BCUT2D eigenvalue weighted by Gasteiger charge is 2.14. The molecule has 0 aliphatic heterocycles. The van der Waals surface area contributed by atoms with Gasteiger partial charge in [0.25, 0.3) is 5.69 Å². The molecule has 0 aliphatic carbocycles. The van der Waals surface area contributed by atoms with Crippen molar-refractivity contribution >= 4 is 17.7 Å². The molecule has 2 rings (SSSR count). The molecular formula is C15H14N2O4. The summed E-state index contributed by atoms with van der Waals surface area (Å²) in [4.78, 5) is 23.0. The fraction of sp³-hybridized carbons (Fsp3) is 0.133. The molecule has 2 aromatic rings. The number of nitro groups is 1. The second kappa shape index (κ2) is 6.04. The van der Waals surface area contributed by atoms with Gasteiger partial charge in [0.1, 0.15) is 11.5 Å². The van der Waals surface area contributed by atoms with E-state index in [1.165, 1.54) is 18.2 Å². The number of carbonyl (C=O) groups is 1. The molecule has 0 atom stereocenters. The highest BCUT2D eigenvalue weighted by Crippen LogP contribution is 2.28. The summed E-state index contributed by atoms with van der Waals surface area (Å²) < 4.78 is 5.64. The monoisotopic (exact) mass is 286 g/mol. The number of ether oxygens (including phenoxy) is 1. The number of anilines is 1. The van der Waals surface area contributed by atoms with Gasteiger partial charge in [-0.2, -0.15) is 0 Å². The normalized spacial score (nSPS) is 10.0. The van der Waals surface area contributed by atoms with Crippen molar-refractivity contribution < 1.29 is 14.5 Å². The van der Waals surface area contributed by atoms with Crippen molar-refractivity contribution in [2.75, 3.05) is 19.0 Å². The molecule has 0 amide bonds. The van der Waals surface area contributed by atoms with Crippen molar-refractivity contribution in [1.82, 2.24) is 0 Å². The summed E-state index contributed by atoms with van der Waals surface area (Å²) in [6.45, 7) is 0. The van der Waals surface area contributed by atoms with Crippen LogP contribution in [0, 0.1) is 10.1 Å². The summed E-state index contributed by atoms with van der Waals surface area (Å²) in [7, 11) is 3.82. The van der Waals surface area contributed by atoms with E-state index in [0.29, 0.717) is 17.8 Å². The van der Waals surface area contributed by atoms with Crippen LogP contribution in [0.25, 0.3) is 0 Å². The van der Waals surface area contributed by atoms with Crippen LogP contribution in [0.1, 0.15) is 10.4 Å². The SMILES string of the molecule is CN(C)c1cccc(Oc2ccc([N+](=O)[O-])c(C=O)c2)c1. The number of benzene rings is 2. The van der Waals surface area contributed by atoms with Crippen LogP contribution in [0.3, 0.4) is 0 Å². The number of hydrogen-bond acceptors (Lipinski definition) is 5. The predicted molar refractivity (Wildman–Crippen MR) is 79.3 cm³/mol. The molecule has 0 saturated carbocycles. The van der Waals surface area contributed by atoms with Crippen molar-refractivity contribution in [1.29, 1.82) is 0 Å². The quantitative estimate of drug-likeness (QED) is 0.479. The Kier molecular flexibility index (Phi) is 4.18. The summed E-state index contributed by atoms with van der Waals surface area (Å²) in [5, 5.41) is 10.8. The lowest BCUT2D eigenvalue weighted by Crippen LogP contribution is -2.08. The zero-order valence-corrected chi connectivity index (χ0v) is 11.6. The smallest absolute Gasteiger partial charge is 0.280 e. The first-order valence-electron chi connectivity index (χ1n) is 6.20.